The number of rotatable bonds is 4. The molecule has 0 fully saturated rings. The minimum atomic E-state index is -0.478. The van der Waals surface area contributed by atoms with Gasteiger partial charge in [0.05, 0.1) is 4.92 Å². The van der Waals surface area contributed by atoms with Gasteiger partial charge in [-0.2, -0.15) is 0 Å². The van der Waals surface area contributed by atoms with Crippen molar-refractivity contribution in [3.8, 4) is 22.9 Å². The van der Waals surface area contributed by atoms with Crippen LogP contribution in [0.1, 0.15) is 11.1 Å². The fraction of sp³-hybridized carbons (Fsp3) is 0.0909. The molecule has 0 radical (unpaired) electrons. The zero-order valence-corrected chi connectivity index (χ0v) is 15.4. The van der Waals surface area contributed by atoms with Crippen molar-refractivity contribution < 1.29 is 9.66 Å². The van der Waals surface area contributed by atoms with Crippen LogP contribution < -0.4 is 4.74 Å². The Hall–Kier alpha value is -3.80. The highest BCUT2D eigenvalue weighted by atomic mass is 16.6. The van der Waals surface area contributed by atoms with Crippen LogP contribution in [0.25, 0.3) is 22.0 Å². The second-order valence-corrected chi connectivity index (χ2v) is 6.53. The fourth-order valence-electron chi connectivity index (χ4n) is 3.06. The SMILES string of the molecule is Cc1ccc(-c2nnc(Oc3ccccc3[N+](=O)[O-])c3ccccc23)cc1C. The first kappa shape index (κ1) is 17.6. The predicted octanol–water partition coefficient (Wildman–Crippen LogP) is 5.61. The molecule has 1 heterocycles. The number of ether oxygens (including phenoxy) is 1. The largest absolute Gasteiger partial charge is 0.430 e. The average molecular weight is 371 g/mol. The minimum Gasteiger partial charge on any atom is -0.430 e. The Bertz CT molecular complexity index is 1200. The monoisotopic (exact) mass is 371 g/mol. The topological polar surface area (TPSA) is 78.2 Å². The van der Waals surface area contributed by atoms with Crippen LogP contribution in [0.3, 0.4) is 0 Å². The lowest BCUT2D eigenvalue weighted by Crippen LogP contribution is -1.98. The lowest BCUT2D eigenvalue weighted by Gasteiger charge is -2.11. The molecule has 6 nitrogen and oxygen atoms in total. The molecule has 0 saturated heterocycles. The molecule has 28 heavy (non-hydrogen) atoms. The molecule has 0 aliphatic rings. The van der Waals surface area contributed by atoms with Crippen molar-refractivity contribution in [3.63, 3.8) is 0 Å². The summed E-state index contributed by atoms with van der Waals surface area (Å²) in [6.07, 6.45) is 0. The van der Waals surface area contributed by atoms with Crippen molar-refractivity contribution in [1.82, 2.24) is 10.2 Å². The maximum absolute atomic E-state index is 11.3. The van der Waals surface area contributed by atoms with E-state index in [1.54, 1.807) is 18.2 Å². The summed E-state index contributed by atoms with van der Waals surface area (Å²) in [7, 11) is 0. The molecule has 0 unspecified atom stereocenters. The molecule has 1 aromatic heterocycles. The molecule has 3 aromatic carbocycles. The molecule has 6 heteroatoms. The molecule has 138 valence electrons. The molecule has 4 aromatic rings. The van der Waals surface area contributed by atoms with Gasteiger partial charge in [0.25, 0.3) is 0 Å². The molecule has 0 amide bonds. The van der Waals surface area contributed by atoms with Crippen molar-refractivity contribution in [2.75, 3.05) is 0 Å². The van der Waals surface area contributed by atoms with Crippen LogP contribution >= 0.6 is 0 Å². The summed E-state index contributed by atoms with van der Waals surface area (Å²) in [6, 6.07) is 20.0. The number of nitrogens with zero attached hydrogens (tertiary/aromatic N) is 3. The van der Waals surface area contributed by atoms with Gasteiger partial charge in [-0.05, 0) is 43.2 Å². The summed E-state index contributed by atoms with van der Waals surface area (Å²) < 4.78 is 5.80. The number of benzene rings is 3. The number of nitro benzene ring substituents is 1. The van der Waals surface area contributed by atoms with E-state index >= 15 is 0 Å². The summed E-state index contributed by atoms with van der Waals surface area (Å²) in [4.78, 5) is 10.8. The van der Waals surface area contributed by atoms with E-state index in [-0.39, 0.29) is 17.3 Å². The number of aryl methyl sites for hydroxylation is 2. The molecule has 0 N–H and O–H groups in total. The van der Waals surface area contributed by atoms with Gasteiger partial charge >= 0.3 is 5.69 Å². The van der Waals surface area contributed by atoms with Gasteiger partial charge in [0.2, 0.25) is 11.6 Å². The Morgan fingerprint density at radius 3 is 2.32 bits per heavy atom. The lowest BCUT2D eigenvalue weighted by atomic mass is 10.0. The quantitative estimate of drug-likeness (QED) is 0.344. The Balaban J connectivity index is 1.85. The number of fused-ring (bicyclic) bond motifs is 1. The van der Waals surface area contributed by atoms with Crippen LogP contribution in [-0.4, -0.2) is 15.1 Å². The van der Waals surface area contributed by atoms with Gasteiger partial charge < -0.3 is 4.74 Å². The highest BCUT2D eigenvalue weighted by Gasteiger charge is 2.18. The van der Waals surface area contributed by atoms with Gasteiger partial charge in [-0.3, -0.25) is 10.1 Å². The van der Waals surface area contributed by atoms with Crippen LogP contribution in [0, 0.1) is 24.0 Å². The van der Waals surface area contributed by atoms with Gasteiger partial charge in [-0.1, -0.05) is 42.5 Å². The van der Waals surface area contributed by atoms with Gasteiger partial charge in [0.1, 0.15) is 5.69 Å². The standard InChI is InChI=1S/C22H17N3O3/c1-14-11-12-16(13-15(14)2)21-17-7-3-4-8-18(17)22(24-23-21)28-20-10-6-5-9-19(20)25(26)27/h3-13H,1-2H3. The third-order valence-electron chi connectivity index (χ3n) is 4.70. The Morgan fingerprint density at radius 2 is 1.57 bits per heavy atom. The number of aromatic nitrogens is 2. The summed E-state index contributed by atoms with van der Waals surface area (Å²) in [5.74, 6) is 0.364. The third-order valence-corrected chi connectivity index (χ3v) is 4.70. The Morgan fingerprint density at radius 1 is 0.857 bits per heavy atom. The van der Waals surface area contributed by atoms with E-state index in [4.69, 9.17) is 4.74 Å². The Labute approximate surface area is 161 Å². The van der Waals surface area contributed by atoms with Crippen LogP contribution in [0.5, 0.6) is 11.6 Å². The van der Waals surface area contributed by atoms with E-state index in [1.807, 2.05) is 30.3 Å². The van der Waals surface area contributed by atoms with Crippen LogP contribution in [-0.2, 0) is 0 Å². The summed E-state index contributed by atoms with van der Waals surface area (Å²) in [5.41, 5.74) is 3.96. The fourth-order valence-corrected chi connectivity index (χ4v) is 3.06. The smallest absolute Gasteiger partial charge is 0.311 e. The van der Waals surface area contributed by atoms with Crippen molar-refractivity contribution in [2.24, 2.45) is 0 Å². The lowest BCUT2D eigenvalue weighted by molar-refractivity contribution is -0.385. The van der Waals surface area contributed by atoms with E-state index in [9.17, 15) is 10.1 Å². The zero-order chi connectivity index (χ0) is 19.7. The van der Waals surface area contributed by atoms with Crippen molar-refractivity contribution in [2.45, 2.75) is 13.8 Å². The molecule has 0 aliphatic carbocycles. The maximum atomic E-state index is 11.3. The molecule has 0 aliphatic heterocycles. The van der Waals surface area contributed by atoms with Gasteiger partial charge in [-0.15, -0.1) is 10.2 Å². The molecule has 0 saturated carbocycles. The third kappa shape index (κ3) is 3.16. The number of hydrogen-bond acceptors (Lipinski definition) is 5. The van der Waals surface area contributed by atoms with Crippen molar-refractivity contribution in [1.29, 1.82) is 0 Å². The summed E-state index contributed by atoms with van der Waals surface area (Å²) in [5, 5.41) is 21.5. The average Bonchev–Trinajstić information content (AvgIpc) is 2.71. The van der Waals surface area contributed by atoms with E-state index in [0.29, 0.717) is 0 Å². The van der Waals surface area contributed by atoms with E-state index in [2.05, 4.69) is 36.2 Å². The highest BCUT2D eigenvalue weighted by molar-refractivity contribution is 5.97. The first-order valence-corrected chi connectivity index (χ1v) is 8.79. The normalized spacial score (nSPS) is 10.8. The molecule has 0 bridgehead atoms. The van der Waals surface area contributed by atoms with Crippen molar-refractivity contribution >= 4 is 16.5 Å². The Kier molecular flexibility index (Phi) is 4.45. The molecular weight excluding hydrogens is 354 g/mol. The molecule has 0 spiro atoms. The molecule has 4 rings (SSSR count). The number of para-hydroxylation sites is 2. The van der Waals surface area contributed by atoms with Crippen LogP contribution in [0.2, 0.25) is 0 Å². The first-order valence-electron chi connectivity index (χ1n) is 8.79. The van der Waals surface area contributed by atoms with E-state index in [1.165, 1.54) is 17.2 Å². The second kappa shape index (κ2) is 7.08. The van der Waals surface area contributed by atoms with E-state index in [0.717, 1.165) is 22.0 Å². The molecule has 0 atom stereocenters. The zero-order valence-electron chi connectivity index (χ0n) is 15.4. The van der Waals surface area contributed by atoms with Gasteiger partial charge in [0, 0.05) is 22.4 Å². The van der Waals surface area contributed by atoms with Gasteiger partial charge in [-0.25, -0.2) is 0 Å². The highest BCUT2D eigenvalue weighted by Crippen LogP contribution is 2.36. The second-order valence-electron chi connectivity index (χ2n) is 6.53. The van der Waals surface area contributed by atoms with Crippen molar-refractivity contribution in [3.05, 3.63) is 88.0 Å². The van der Waals surface area contributed by atoms with E-state index < -0.39 is 4.92 Å². The first-order chi connectivity index (χ1) is 13.5. The maximum Gasteiger partial charge on any atom is 0.311 e. The number of hydrogen-bond donors (Lipinski definition) is 0. The molecular formula is C22H17N3O3. The summed E-state index contributed by atoms with van der Waals surface area (Å²) in [6.45, 7) is 4.12. The predicted molar refractivity (Wildman–Crippen MR) is 108 cm³/mol. The minimum absolute atomic E-state index is 0.119. The number of nitro groups is 1. The van der Waals surface area contributed by atoms with Crippen LogP contribution in [0.15, 0.2) is 66.7 Å². The van der Waals surface area contributed by atoms with Crippen LogP contribution in [0.4, 0.5) is 5.69 Å². The summed E-state index contributed by atoms with van der Waals surface area (Å²) >= 11 is 0. The van der Waals surface area contributed by atoms with Gasteiger partial charge in [0.15, 0.2) is 0 Å².